The molecule has 0 spiro atoms. The topological polar surface area (TPSA) is 52.6 Å². The van der Waals surface area contributed by atoms with E-state index in [4.69, 9.17) is 0 Å². The number of nitrogens with one attached hydrogen (secondary N) is 1. The van der Waals surface area contributed by atoms with Crippen LogP contribution in [0, 0.1) is 23.7 Å². The third-order valence-corrected chi connectivity index (χ3v) is 8.80. The third-order valence-electron chi connectivity index (χ3n) is 7.96. The molecular formula is C30H50N2O2S. The van der Waals surface area contributed by atoms with E-state index in [2.05, 4.69) is 49.7 Å². The van der Waals surface area contributed by atoms with E-state index in [0.29, 0.717) is 11.5 Å². The van der Waals surface area contributed by atoms with Crippen molar-refractivity contribution in [1.82, 2.24) is 10.2 Å². The second-order valence-electron chi connectivity index (χ2n) is 10.6. The van der Waals surface area contributed by atoms with E-state index in [9.17, 15) is 9.90 Å². The van der Waals surface area contributed by atoms with Crippen LogP contribution in [-0.4, -0.2) is 41.9 Å². The number of amides is 1. The Morgan fingerprint density at radius 2 is 1.94 bits per heavy atom. The van der Waals surface area contributed by atoms with Crippen LogP contribution >= 0.6 is 11.8 Å². The molecule has 1 saturated carbocycles. The number of carbonyl (C=O) groups excluding carboxylic acids is 1. The minimum absolute atomic E-state index is 0.0581. The van der Waals surface area contributed by atoms with Crippen molar-refractivity contribution in [1.29, 1.82) is 0 Å². The predicted molar refractivity (Wildman–Crippen MR) is 152 cm³/mol. The summed E-state index contributed by atoms with van der Waals surface area (Å²) < 4.78 is 0. The molecule has 2 aliphatic rings. The van der Waals surface area contributed by atoms with Gasteiger partial charge >= 0.3 is 0 Å². The van der Waals surface area contributed by atoms with Crippen molar-refractivity contribution in [2.45, 2.75) is 85.5 Å². The average Bonchev–Trinajstić information content (AvgIpc) is 3.50. The lowest BCUT2D eigenvalue weighted by molar-refractivity contribution is -0.116. The number of nitrogens with zero attached hydrogens (tertiary/aromatic N) is 1. The lowest BCUT2D eigenvalue weighted by Crippen LogP contribution is -2.28. The highest BCUT2D eigenvalue weighted by Gasteiger charge is 2.26. The molecular weight excluding hydrogens is 452 g/mol. The summed E-state index contributed by atoms with van der Waals surface area (Å²) in [6.07, 6.45) is 18.9. The van der Waals surface area contributed by atoms with Gasteiger partial charge in [0, 0.05) is 36.7 Å². The van der Waals surface area contributed by atoms with Crippen molar-refractivity contribution in [3.8, 4) is 0 Å². The molecule has 2 fully saturated rings. The number of hydrogen-bond acceptors (Lipinski definition) is 4. The van der Waals surface area contributed by atoms with Crippen LogP contribution in [0.15, 0.2) is 46.7 Å². The van der Waals surface area contributed by atoms with E-state index < -0.39 is 0 Å². The number of hydrogen-bond donors (Lipinski definition) is 2. The van der Waals surface area contributed by atoms with Crippen LogP contribution in [0.2, 0.25) is 0 Å². The zero-order valence-corrected chi connectivity index (χ0v) is 23.8. The Balaban J connectivity index is 2.06. The van der Waals surface area contributed by atoms with Gasteiger partial charge in [0.15, 0.2) is 0 Å². The SMILES string of the molecule is C=C(NC(=O)C(/C=C\C(=C\CCC)N1CC[C@H](CCO)C1)=C(/C)SC)C(C)CC1CCC(CC)C1. The van der Waals surface area contributed by atoms with E-state index >= 15 is 0 Å². The van der Waals surface area contributed by atoms with Crippen molar-refractivity contribution in [3.63, 3.8) is 0 Å². The number of unbranched alkanes of at least 4 members (excludes halogenated alkanes) is 1. The van der Waals surface area contributed by atoms with Crippen LogP contribution in [0.3, 0.4) is 0 Å². The average molecular weight is 503 g/mol. The van der Waals surface area contributed by atoms with Gasteiger partial charge in [-0.15, -0.1) is 11.8 Å². The maximum atomic E-state index is 13.3. The van der Waals surface area contributed by atoms with Gasteiger partial charge in [0.1, 0.15) is 0 Å². The van der Waals surface area contributed by atoms with Crippen LogP contribution in [0.25, 0.3) is 0 Å². The number of likely N-dealkylation sites (tertiary alicyclic amines) is 1. The van der Waals surface area contributed by atoms with Crippen LogP contribution < -0.4 is 5.32 Å². The minimum atomic E-state index is -0.0581. The molecule has 198 valence electrons. The second-order valence-corrected chi connectivity index (χ2v) is 11.6. The predicted octanol–water partition coefficient (Wildman–Crippen LogP) is 7.05. The van der Waals surface area contributed by atoms with Crippen LogP contribution in [-0.2, 0) is 4.79 Å². The van der Waals surface area contributed by atoms with E-state index in [1.807, 2.05) is 19.3 Å². The van der Waals surface area contributed by atoms with Crippen molar-refractivity contribution in [3.05, 3.63) is 46.7 Å². The fourth-order valence-electron chi connectivity index (χ4n) is 5.45. The summed E-state index contributed by atoms with van der Waals surface area (Å²) in [5.74, 6) is 2.41. The first-order chi connectivity index (χ1) is 16.8. The first kappa shape index (κ1) is 29.8. The first-order valence-corrected chi connectivity index (χ1v) is 15.0. The quantitative estimate of drug-likeness (QED) is 0.197. The normalized spacial score (nSPS) is 24.7. The molecule has 0 bridgehead atoms. The van der Waals surface area contributed by atoms with Crippen LogP contribution in [0.1, 0.15) is 85.5 Å². The van der Waals surface area contributed by atoms with E-state index in [1.165, 1.54) is 31.4 Å². The van der Waals surface area contributed by atoms with Gasteiger partial charge in [-0.25, -0.2) is 0 Å². The molecule has 0 aromatic heterocycles. The Hall–Kier alpha value is -1.46. The molecule has 4 nitrogen and oxygen atoms in total. The van der Waals surface area contributed by atoms with Gasteiger partial charge in [-0.3, -0.25) is 4.79 Å². The fraction of sp³-hybridized carbons (Fsp3) is 0.700. The summed E-state index contributed by atoms with van der Waals surface area (Å²) in [7, 11) is 0. The summed E-state index contributed by atoms with van der Waals surface area (Å²) in [6.45, 7) is 15.2. The molecule has 1 amide bonds. The van der Waals surface area contributed by atoms with Gasteiger partial charge in [0.2, 0.25) is 0 Å². The number of rotatable bonds is 14. The van der Waals surface area contributed by atoms with Gasteiger partial charge in [0.25, 0.3) is 5.91 Å². The highest BCUT2D eigenvalue weighted by molar-refractivity contribution is 8.02. The molecule has 5 heteroatoms. The van der Waals surface area contributed by atoms with Crippen molar-refractivity contribution >= 4 is 17.7 Å². The second kappa shape index (κ2) is 15.6. The molecule has 1 aliphatic heterocycles. The van der Waals surface area contributed by atoms with Crippen molar-refractivity contribution < 1.29 is 9.90 Å². The summed E-state index contributed by atoms with van der Waals surface area (Å²) in [5.41, 5.74) is 2.74. The number of carbonyl (C=O) groups is 1. The zero-order valence-electron chi connectivity index (χ0n) is 22.9. The number of aliphatic hydroxyl groups excluding tert-OH is 1. The molecule has 0 radical (unpaired) electrons. The lowest BCUT2D eigenvalue weighted by atomic mass is 9.91. The summed E-state index contributed by atoms with van der Waals surface area (Å²) in [5, 5.41) is 12.5. The largest absolute Gasteiger partial charge is 0.396 e. The maximum Gasteiger partial charge on any atom is 0.256 e. The Morgan fingerprint density at radius 1 is 1.20 bits per heavy atom. The van der Waals surface area contributed by atoms with Crippen LogP contribution in [0.4, 0.5) is 0 Å². The molecule has 0 aromatic carbocycles. The Kier molecular flexibility index (Phi) is 13.3. The Labute approximate surface area is 219 Å². The smallest absolute Gasteiger partial charge is 0.256 e. The maximum absolute atomic E-state index is 13.3. The van der Waals surface area contributed by atoms with E-state index in [0.717, 1.165) is 67.6 Å². The number of aliphatic hydroxyl groups is 1. The Morgan fingerprint density at radius 3 is 2.57 bits per heavy atom. The molecule has 0 aromatic rings. The summed E-state index contributed by atoms with van der Waals surface area (Å²) in [4.78, 5) is 16.7. The standard InChI is InChI=1S/C30H50N2O2S/c1-7-9-10-28(32-17-15-26(21-32)16-18-33)13-14-29(24(5)35-6)30(34)31-23(4)22(3)19-27-12-11-25(8-2)20-27/h10,13-14,22,25-27,33H,4,7-9,11-12,15-21H2,1-3,5-6H3,(H,31,34)/b14-13-,28-10-,29-24-/t22?,25?,26-,27?/m1/s1. The molecule has 2 N–H and O–H groups in total. The summed E-state index contributed by atoms with van der Waals surface area (Å²) >= 11 is 1.61. The third kappa shape index (κ3) is 9.49. The van der Waals surface area contributed by atoms with Gasteiger partial charge in [-0.05, 0) is 86.0 Å². The van der Waals surface area contributed by atoms with E-state index in [-0.39, 0.29) is 18.4 Å². The monoisotopic (exact) mass is 502 g/mol. The van der Waals surface area contributed by atoms with Crippen LogP contribution in [0.5, 0.6) is 0 Å². The lowest BCUT2D eigenvalue weighted by Gasteiger charge is -2.21. The van der Waals surface area contributed by atoms with Crippen molar-refractivity contribution in [2.24, 2.45) is 23.7 Å². The molecule has 1 saturated heterocycles. The van der Waals surface area contributed by atoms with Gasteiger partial charge in [-0.2, -0.15) is 0 Å². The fourth-order valence-corrected chi connectivity index (χ4v) is 5.83. The molecule has 2 rings (SSSR count). The van der Waals surface area contributed by atoms with Gasteiger partial charge in [0.05, 0.1) is 0 Å². The Bertz CT molecular complexity index is 785. The highest BCUT2D eigenvalue weighted by Crippen LogP contribution is 2.37. The van der Waals surface area contributed by atoms with Gasteiger partial charge in [-0.1, -0.05) is 59.1 Å². The van der Waals surface area contributed by atoms with Gasteiger partial charge < -0.3 is 15.3 Å². The first-order valence-electron chi connectivity index (χ1n) is 13.8. The van der Waals surface area contributed by atoms with E-state index in [1.54, 1.807) is 11.8 Å². The number of allylic oxidation sites excluding steroid dienone is 4. The molecule has 4 atom stereocenters. The molecule has 1 heterocycles. The zero-order chi connectivity index (χ0) is 25.8. The molecule has 1 aliphatic carbocycles. The van der Waals surface area contributed by atoms with Crippen molar-refractivity contribution in [2.75, 3.05) is 26.0 Å². The molecule has 3 unspecified atom stereocenters. The highest BCUT2D eigenvalue weighted by atomic mass is 32.2. The summed E-state index contributed by atoms with van der Waals surface area (Å²) in [6, 6.07) is 0. The minimum Gasteiger partial charge on any atom is -0.396 e. The molecule has 35 heavy (non-hydrogen) atoms. The number of thioether (sulfide) groups is 1.